The molecule has 2 aromatic rings. The molecule has 0 aliphatic heterocycles. The number of carbonyl (C=O) groups is 2. The number of aromatic nitrogens is 2. The number of nitrogens with zero attached hydrogens (tertiary/aromatic N) is 3. The minimum absolute atomic E-state index is 0.0146. The monoisotopic (exact) mass is 355 g/mol. The summed E-state index contributed by atoms with van der Waals surface area (Å²) in [6.45, 7) is 5.02. The van der Waals surface area contributed by atoms with Crippen molar-refractivity contribution in [1.82, 2.24) is 14.9 Å². The molecule has 0 saturated heterocycles. The number of benzene rings is 1. The maximum absolute atomic E-state index is 12.5. The third-order valence-corrected chi connectivity index (χ3v) is 3.70. The van der Waals surface area contributed by atoms with Crippen LogP contribution in [0.5, 0.6) is 0 Å². The average molecular weight is 355 g/mol. The number of aryl methyl sites for hydroxylation is 1. The Morgan fingerprint density at radius 1 is 1.12 bits per heavy atom. The van der Waals surface area contributed by atoms with Crippen LogP contribution in [0, 0.1) is 6.92 Å². The molecule has 138 valence electrons. The highest BCUT2D eigenvalue weighted by Crippen LogP contribution is 2.12. The molecule has 1 heterocycles. The highest BCUT2D eigenvalue weighted by molar-refractivity contribution is 6.03. The number of rotatable bonds is 8. The van der Waals surface area contributed by atoms with Gasteiger partial charge in [0.2, 0.25) is 5.95 Å². The quantitative estimate of drug-likeness (QED) is 0.559. The Hall–Kier alpha value is -2.80. The van der Waals surface area contributed by atoms with E-state index in [9.17, 15) is 9.59 Å². The van der Waals surface area contributed by atoms with Gasteiger partial charge in [-0.3, -0.25) is 9.59 Å². The molecule has 1 aromatic heterocycles. The summed E-state index contributed by atoms with van der Waals surface area (Å²) in [5.74, 6) is 0.113. The number of hydrogen-bond donors (Lipinski definition) is 2. The molecule has 0 aliphatic carbocycles. The predicted molar refractivity (Wildman–Crippen MR) is 103 cm³/mol. The summed E-state index contributed by atoms with van der Waals surface area (Å²) in [6.07, 6.45) is 0.953. The van der Waals surface area contributed by atoms with E-state index >= 15 is 0 Å². The molecule has 2 rings (SSSR count). The summed E-state index contributed by atoms with van der Waals surface area (Å²) in [4.78, 5) is 34.5. The lowest BCUT2D eigenvalue weighted by molar-refractivity contribution is 0.101. The zero-order valence-electron chi connectivity index (χ0n) is 15.7. The van der Waals surface area contributed by atoms with Gasteiger partial charge in [-0.05, 0) is 71.2 Å². The van der Waals surface area contributed by atoms with Crippen LogP contribution in [0.2, 0.25) is 0 Å². The Labute approximate surface area is 153 Å². The van der Waals surface area contributed by atoms with Gasteiger partial charge in [-0.1, -0.05) is 0 Å². The SMILES string of the molecule is CC(=O)c1ccc(NC(=O)c2cc(C)nc(NCCCN(C)C)n2)cc1. The van der Waals surface area contributed by atoms with E-state index < -0.39 is 0 Å². The summed E-state index contributed by atoms with van der Waals surface area (Å²) in [7, 11) is 4.04. The third kappa shape index (κ3) is 5.93. The van der Waals surface area contributed by atoms with E-state index in [4.69, 9.17) is 0 Å². The first kappa shape index (κ1) is 19.5. The molecule has 7 nitrogen and oxygen atoms in total. The molecule has 2 N–H and O–H groups in total. The minimum Gasteiger partial charge on any atom is -0.354 e. The van der Waals surface area contributed by atoms with Crippen LogP contribution in [0.15, 0.2) is 30.3 Å². The molecule has 0 spiro atoms. The topological polar surface area (TPSA) is 87.2 Å². The van der Waals surface area contributed by atoms with Crippen molar-refractivity contribution in [2.75, 3.05) is 37.8 Å². The molecule has 1 amide bonds. The Morgan fingerprint density at radius 3 is 2.42 bits per heavy atom. The summed E-state index contributed by atoms with van der Waals surface area (Å²) in [5, 5.41) is 5.94. The highest BCUT2D eigenvalue weighted by atomic mass is 16.2. The van der Waals surface area contributed by atoms with Crippen molar-refractivity contribution in [3.8, 4) is 0 Å². The minimum atomic E-state index is -0.317. The fourth-order valence-corrected chi connectivity index (χ4v) is 2.34. The second-order valence-electron chi connectivity index (χ2n) is 6.39. The Kier molecular flexibility index (Phi) is 6.80. The zero-order chi connectivity index (χ0) is 19.1. The molecule has 0 bridgehead atoms. The van der Waals surface area contributed by atoms with E-state index in [1.165, 1.54) is 6.92 Å². The first-order valence-electron chi connectivity index (χ1n) is 8.52. The van der Waals surface area contributed by atoms with E-state index in [-0.39, 0.29) is 11.7 Å². The van der Waals surface area contributed by atoms with Crippen LogP contribution in [0.25, 0.3) is 0 Å². The highest BCUT2D eigenvalue weighted by Gasteiger charge is 2.11. The average Bonchev–Trinajstić information content (AvgIpc) is 2.58. The largest absolute Gasteiger partial charge is 0.354 e. The maximum atomic E-state index is 12.5. The smallest absolute Gasteiger partial charge is 0.274 e. The first-order valence-corrected chi connectivity index (χ1v) is 8.52. The van der Waals surface area contributed by atoms with Gasteiger partial charge in [0.15, 0.2) is 5.78 Å². The second-order valence-corrected chi connectivity index (χ2v) is 6.39. The Bertz CT molecular complexity index is 772. The molecule has 0 saturated carbocycles. The first-order chi connectivity index (χ1) is 12.3. The van der Waals surface area contributed by atoms with Crippen molar-refractivity contribution < 1.29 is 9.59 Å². The van der Waals surface area contributed by atoms with Crippen LogP contribution in [-0.4, -0.2) is 53.7 Å². The lowest BCUT2D eigenvalue weighted by atomic mass is 10.1. The van der Waals surface area contributed by atoms with E-state index in [1.807, 2.05) is 21.0 Å². The lowest BCUT2D eigenvalue weighted by Gasteiger charge is -2.11. The fourth-order valence-electron chi connectivity index (χ4n) is 2.34. The molecular weight excluding hydrogens is 330 g/mol. The standard InChI is InChI=1S/C19H25N5O2/c1-13-12-17(23-19(21-13)20-10-5-11-24(3)4)18(26)22-16-8-6-15(7-9-16)14(2)25/h6-9,12H,5,10-11H2,1-4H3,(H,22,26)(H,20,21,23). The van der Waals surface area contributed by atoms with Crippen molar-refractivity contribution in [3.05, 3.63) is 47.3 Å². The normalized spacial score (nSPS) is 10.7. The number of anilines is 2. The van der Waals surface area contributed by atoms with Crippen LogP contribution in [0.4, 0.5) is 11.6 Å². The Balaban J connectivity index is 2.02. The van der Waals surface area contributed by atoms with E-state index in [0.29, 0.717) is 28.6 Å². The number of nitrogens with one attached hydrogen (secondary N) is 2. The van der Waals surface area contributed by atoms with Crippen LogP contribution in [0.3, 0.4) is 0 Å². The van der Waals surface area contributed by atoms with Gasteiger partial charge in [0.25, 0.3) is 5.91 Å². The van der Waals surface area contributed by atoms with Crippen molar-refractivity contribution in [1.29, 1.82) is 0 Å². The molecule has 0 unspecified atom stereocenters. The molecule has 0 aliphatic rings. The zero-order valence-corrected chi connectivity index (χ0v) is 15.7. The summed E-state index contributed by atoms with van der Waals surface area (Å²) in [6, 6.07) is 8.40. The van der Waals surface area contributed by atoms with Gasteiger partial charge >= 0.3 is 0 Å². The van der Waals surface area contributed by atoms with Gasteiger partial charge in [0.1, 0.15) is 5.69 Å². The van der Waals surface area contributed by atoms with Gasteiger partial charge in [-0.25, -0.2) is 9.97 Å². The number of amides is 1. The van der Waals surface area contributed by atoms with Gasteiger partial charge in [-0.2, -0.15) is 0 Å². The van der Waals surface area contributed by atoms with Crippen molar-refractivity contribution >= 4 is 23.3 Å². The van der Waals surface area contributed by atoms with Crippen molar-refractivity contribution in [2.45, 2.75) is 20.3 Å². The number of Topliss-reactive ketones (excluding diaryl/α,β-unsaturated/α-hetero) is 1. The van der Waals surface area contributed by atoms with Gasteiger partial charge in [0.05, 0.1) is 0 Å². The third-order valence-electron chi connectivity index (χ3n) is 3.70. The van der Waals surface area contributed by atoms with E-state index in [0.717, 1.165) is 19.5 Å². The lowest BCUT2D eigenvalue weighted by Crippen LogP contribution is -2.19. The Morgan fingerprint density at radius 2 is 1.81 bits per heavy atom. The molecule has 26 heavy (non-hydrogen) atoms. The summed E-state index contributed by atoms with van der Waals surface area (Å²) in [5.41, 5.74) is 2.22. The predicted octanol–water partition coefficient (Wildman–Crippen LogP) is 2.60. The molecule has 0 fully saturated rings. The van der Waals surface area contributed by atoms with E-state index in [2.05, 4.69) is 25.5 Å². The van der Waals surface area contributed by atoms with Crippen molar-refractivity contribution in [3.63, 3.8) is 0 Å². The van der Waals surface area contributed by atoms with Crippen LogP contribution < -0.4 is 10.6 Å². The van der Waals surface area contributed by atoms with Crippen LogP contribution in [0.1, 0.15) is 39.9 Å². The van der Waals surface area contributed by atoms with Gasteiger partial charge in [0, 0.05) is 23.5 Å². The second kappa shape index (κ2) is 9.05. The number of hydrogen-bond acceptors (Lipinski definition) is 6. The number of ketones is 1. The molecule has 0 radical (unpaired) electrons. The fraction of sp³-hybridized carbons (Fsp3) is 0.368. The summed E-state index contributed by atoms with van der Waals surface area (Å²) < 4.78 is 0. The van der Waals surface area contributed by atoms with E-state index in [1.54, 1.807) is 30.3 Å². The van der Waals surface area contributed by atoms with Crippen LogP contribution >= 0.6 is 0 Å². The molecule has 1 aromatic carbocycles. The number of carbonyl (C=O) groups excluding carboxylic acids is 2. The van der Waals surface area contributed by atoms with Gasteiger partial charge < -0.3 is 15.5 Å². The maximum Gasteiger partial charge on any atom is 0.274 e. The summed E-state index contributed by atoms with van der Waals surface area (Å²) >= 11 is 0. The van der Waals surface area contributed by atoms with Crippen LogP contribution in [-0.2, 0) is 0 Å². The molecule has 7 heteroatoms. The van der Waals surface area contributed by atoms with Gasteiger partial charge in [-0.15, -0.1) is 0 Å². The molecular formula is C19H25N5O2. The molecule has 0 atom stereocenters. The van der Waals surface area contributed by atoms with Crippen molar-refractivity contribution in [2.24, 2.45) is 0 Å².